The van der Waals surface area contributed by atoms with Gasteiger partial charge in [-0.3, -0.25) is 4.79 Å². The Morgan fingerprint density at radius 3 is 2.66 bits per heavy atom. The number of amides is 1. The van der Waals surface area contributed by atoms with E-state index >= 15 is 0 Å². The molecule has 0 saturated carbocycles. The van der Waals surface area contributed by atoms with E-state index in [0.29, 0.717) is 16.6 Å². The molecule has 1 aliphatic heterocycles. The molecule has 1 amide bonds. The lowest BCUT2D eigenvalue weighted by Gasteiger charge is -2.20. The number of benzene rings is 2. The number of anilines is 1. The van der Waals surface area contributed by atoms with Gasteiger partial charge >= 0.3 is 0 Å². The third-order valence-corrected chi connectivity index (χ3v) is 6.15. The number of carbonyl (C=O) groups excluding carboxylic acids is 1. The number of fused-ring (bicyclic) bond motifs is 1. The summed E-state index contributed by atoms with van der Waals surface area (Å²) < 4.78 is 7.85. The molecule has 7 heteroatoms. The molecule has 3 aromatic rings. The smallest absolute Gasteiger partial charge is 0.235 e. The zero-order chi connectivity index (χ0) is 20.5. The van der Waals surface area contributed by atoms with E-state index in [1.165, 1.54) is 0 Å². The molecule has 1 aromatic heterocycles. The molecule has 0 bridgehead atoms. The number of nitrogens with zero attached hydrogens (tertiary/aromatic N) is 2. The summed E-state index contributed by atoms with van der Waals surface area (Å²) in [6.07, 6.45) is 0.0593. The third-order valence-electron chi connectivity index (χ3n) is 4.64. The second-order valence-electron chi connectivity index (χ2n) is 7.18. The summed E-state index contributed by atoms with van der Waals surface area (Å²) in [7, 11) is 0. The number of para-hydroxylation sites is 1. The Labute approximate surface area is 179 Å². The summed E-state index contributed by atoms with van der Waals surface area (Å²) >= 11 is 7.63. The second kappa shape index (κ2) is 8.13. The zero-order valence-electron chi connectivity index (χ0n) is 16.5. The average Bonchev–Trinajstić information content (AvgIpc) is 2.89. The minimum Gasteiger partial charge on any atom is -0.491 e. The molecule has 1 N–H and O–H groups in total. The normalized spacial score (nSPS) is 16.3. The topological polar surface area (TPSA) is 56.2 Å². The highest BCUT2D eigenvalue weighted by molar-refractivity contribution is 8.00. The van der Waals surface area contributed by atoms with E-state index < -0.39 is 0 Å². The Balaban J connectivity index is 1.87. The van der Waals surface area contributed by atoms with Crippen molar-refractivity contribution in [1.29, 1.82) is 0 Å². The number of thioether (sulfide) groups is 1. The molecule has 5 nitrogen and oxygen atoms in total. The molecule has 1 aliphatic rings. The van der Waals surface area contributed by atoms with Gasteiger partial charge in [0, 0.05) is 16.1 Å². The molecule has 1 atom stereocenters. The lowest BCUT2D eigenvalue weighted by atomic mass is 10.0. The maximum atomic E-state index is 12.5. The molecule has 0 fully saturated rings. The molecule has 150 valence electrons. The van der Waals surface area contributed by atoms with Gasteiger partial charge in [0.15, 0.2) is 0 Å². The molecular formula is C22H22ClN3O2S. The molecule has 0 spiro atoms. The fourth-order valence-corrected chi connectivity index (χ4v) is 4.80. The van der Waals surface area contributed by atoms with Crippen LogP contribution in [0.1, 0.15) is 35.9 Å². The Bertz CT molecular complexity index is 1050. The predicted octanol–water partition coefficient (Wildman–Crippen LogP) is 5.40. The van der Waals surface area contributed by atoms with Gasteiger partial charge in [-0.25, -0.2) is 4.68 Å². The largest absolute Gasteiger partial charge is 0.491 e. The fraction of sp³-hybridized carbons (Fsp3) is 0.273. The standard InChI is InChI=1S/C22H22ClN3O2S/c1-13(2)28-18-7-5-4-6-17(18)21-20-14(3)25-26(16-10-8-15(23)9-11-16)22(20)24-19(27)12-29-21/h4-11,13,21H,12H2,1-3H3,(H,24,27)/t21-/m1/s1. The van der Waals surface area contributed by atoms with Crippen LogP contribution in [0.3, 0.4) is 0 Å². The molecule has 0 saturated heterocycles. The summed E-state index contributed by atoms with van der Waals surface area (Å²) in [6.45, 7) is 6.00. The highest BCUT2D eigenvalue weighted by Gasteiger charge is 2.32. The number of halogens is 1. The average molecular weight is 428 g/mol. The molecule has 29 heavy (non-hydrogen) atoms. The first-order chi connectivity index (χ1) is 13.9. The Kier molecular flexibility index (Phi) is 5.56. The predicted molar refractivity (Wildman–Crippen MR) is 118 cm³/mol. The number of rotatable bonds is 4. The van der Waals surface area contributed by atoms with Gasteiger partial charge in [-0.1, -0.05) is 29.8 Å². The van der Waals surface area contributed by atoms with Gasteiger partial charge in [0.25, 0.3) is 0 Å². The number of carbonyl (C=O) groups is 1. The number of nitrogens with one attached hydrogen (secondary N) is 1. The van der Waals surface area contributed by atoms with E-state index in [4.69, 9.17) is 21.4 Å². The van der Waals surface area contributed by atoms with Crippen molar-refractivity contribution in [1.82, 2.24) is 9.78 Å². The van der Waals surface area contributed by atoms with Gasteiger partial charge in [0.1, 0.15) is 11.6 Å². The van der Waals surface area contributed by atoms with Crippen LogP contribution in [0.5, 0.6) is 5.75 Å². The highest BCUT2D eigenvalue weighted by Crippen LogP contribution is 2.46. The lowest BCUT2D eigenvalue weighted by Crippen LogP contribution is -2.15. The van der Waals surface area contributed by atoms with Crippen molar-refractivity contribution in [2.24, 2.45) is 0 Å². The Morgan fingerprint density at radius 2 is 1.93 bits per heavy atom. The Hall–Kier alpha value is -2.44. The van der Waals surface area contributed by atoms with Gasteiger partial charge in [-0.05, 0) is 51.1 Å². The molecule has 2 aromatic carbocycles. The summed E-state index contributed by atoms with van der Waals surface area (Å²) in [5.41, 5.74) is 3.75. The quantitative estimate of drug-likeness (QED) is 0.606. The van der Waals surface area contributed by atoms with Gasteiger partial charge in [0.2, 0.25) is 5.91 Å². The van der Waals surface area contributed by atoms with Crippen LogP contribution in [0.15, 0.2) is 48.5 Å². The van der Waals surface area contributed by atoms with E-state index in [2.05, 4.69) is 11.4 Å². The van der Waals surface area contributed by atoms with Crippen molar-refractivity contribution in [2.45, 2.75) is 32.1 Å². The second-order valence-corrected chi connectivity index (χ2v) is 8.71. The van der Waals surface area contributed by atoms with Crippen molar-refractivity contribution in [3.63, 3.8) is 0 Å². The molecule has 0 radical (unpaired) electrons. The van der Waals surface area contributed by atoms with Crippen molar-refractivity contribution >= 4 is 35.1 Å². The minimum atomic E-state index is -0.0695. The minimum absolute atomic E-state index is 0.0453. The van der Waals surface area contributed by atoms with Crippen molar-refractivity contribution in [3.05, 3.63) is 70.4 Å². The van der Waals surface area contributed by atoms with Crippen LogP contribution in [0.2, 0.25) is 5.02 Å². The molecule has 2 heterocycles. The van der Waals surface area contributed by atoms with Crippen LogP contribution >= 0.6 is 23.4 Å². The number of aromatic nitrogens is 2. The first-order valence-corrected chi connectivity index (χ1v) is 10.9. The maximum absolute atomic E-state index is 12.5. The SMILES string of the molecule is Cc1nn(-c2ccc(Cl)cc2)c2c1[C@@H](c1ccccc1OC(C)C)SCC(=O)N2. The van der Waals surface area contributed by atoms with E-state index in [0.717, 1.165) is 28.3 Å². The summed E-state index contributed by atoms with van der Waals surface area (Å²) in [5, 5.41) is 8.38. The summed E-state index contributed by atoms with van der Waals surface area (Å²) in [5.74, 6) is 1.84. The van der Waals surface area contributed by atoms with E-state index in [1.54, 1.807) is 16.4 Å². The Morgan fingerprint density at radius 1 is 1.21 bits per heavy atom. The van der Waals surface area contributed by atoms with Crippen LogP contribution in [0.4, 0.5) is 5.82 Å². The summed E-state index contributed by atoms with van der Waals surface area (Å²) in [4.78, 5) is 12.5. The van der Waals surface area contributed by atoms with Gasteiger partial charge in [-0.2, -0.15) is 5.10 Å². The first kappa shape index (κ1) is 19.9. The van der Waals surface area contributed by atoms with Gasteiger partial charge in [-0.15, -0.1) is 11.8 Å². The lowest BCUT2D eigenvalue weighted by molar-refractivity contribution is -0.113. The van der Waals surface area contributed by atoms with E-state index in [9.17, 15) is 4.79 Å². The van der Waals surface area contributed by atoms with Crippen molar-refractivity contribution < 1.29 is 9.53 Å². The first-order valence-electron chi connectivity index (χ1n) is 9.46. The van der Waals surface area contributed by atoms with Crippen LogP contribution in [-0.2, 0) is 4.79 Å². The van der Waals surface area contributed by atoms with Crippen molar-refractivity contribution in [3.8, 4) is 11.4 Å². The third kappa shape index (κ3) is 4.00. The van der Waals surface area contributed by atoms with Crippen LogP contribution in [0.25, 0.3) is 5.69 Å². The van der Waals surface area contributed by atoms with Gasteiger partial charge < -0.3 is 10.1 Å². The molecular weight excluding hydrogens is 406 g/mol. The highest BCUT2D eigenvalue weighted by atomic mass is 35.5. The number of hydrogen-bond acceptors (Lipinski definition) is 4. The monoisotopic (exact) mass is 427 g/mol. The van der Waals surface area contributed by atoms with Crippen molar-refractivity contribution in [2.75, 3.05) is 11.1 Å². The molecule has 0 aliphatic carbocycles. The molecule has 4 rings (SSSR count). The summed E-state index contributed by atoms with van der Waals surface area (Å²) in [6, 6.07) is 15.4. The number of aryl methyl sites for hydroxylation is 1. The van der Waals surface area contributed by atoms with Crippen LogP contribution < -0.4 is 10.1 Å². The molecule has 0 unspecified atom stereocenters. The maximum Gasteiger partial charge on any atom is 0.235 e. The number of hydrogen-bond donors (Lipinski definition) is 1. The van der Waals surface area contributed by atoms with E-state index in [-0.39, 0.29) is 17.3 Å². The zero-order valence-corrected chi connectivity index (χ0v) is 18.1. The van der Waals surface area contributed by atoms with E-state index in [1.807, 2.05) is 63.2 Å². The van der Waals surface area contributed by atoms with Crippen LogP contribution in [-0.4, -0.2) is 27.5 Å². The van der Waals surface area contributed by atoms with Gasteiger partial charge in [0.05, 0.1) is 28.5 Å². The fourth-order valence-electron chi connectivity index (χ4n) is 3.46. The number of ether oxygens (including phenoxy) is 1. The van der Waals surface area contributed by atoms with Crippen LogP contribution in [0, 0.1) is 6.92 Å².